The van der Waals surface area contributed by atoms with Crippen LogP contribution >= 0.6 is 11.3 Å². The number of benzene rings is 2. The Labute approximate surface area is 174 Å². The first kappa shape index (κ1) is 18.2. The van der Waals surface area contributed by atoms with E-state index in [1.54, 1.807) is 11.3 Å². The number of carbonyl (C=O) groups is 1. The predicted octanol–water partition coefficient (Wildman–Crippen LogP) is 4.17. The average Bonchev–Trinajstić information content (AvgIpc) is 3.11. The van der Waals surface area contributed by atoms with Crippen molar-refractivity contribution in [2.24, 2.45) is 0 Å². The van der Waals surface area contributed by atoms with E-state index in [0.717, 1.165) is 47.0 Å². The normalized spacial score (nSPS) is 18.4. The zero-order valence-electron chi connectivity index (χ0n) is 16.3. The van der Waals surface area contributed by atoms with E-state index in [1.165, 1.54) is 10.4 Å². The molecular weight excluding hydrogens is 382 g/mol. The topological polar surface area (TPSA) is 53.6 Å². The third-order valence-electron chi connectivity index (χ3n) is 5.47. The van der Waals surface area contributed by atoms with Crippen molar-refractivity contribution in [1.29, 1.82) is 0 Å². The van der Waals surface area contributed by atoms with Crippen LogP contribution in [0.5, 0.6) is 5.75 Å². The van der Waals surface area contributed by atoms with Crippen LogP contribution < -0.4 is 15.4 Å². The van der Waals surface area contributed by atoms with Crippen LogP contribution in [0.2, 0.25) is 0 Å². The molecule has 148 valence electrons. The van der Waals surface area contributed by atoms with Gasteiger partial charge in [-0.2, -0.15) is 0 Å². The van der Waals surface area contributed by atoms with Gasteiger partial charge in [0.1, 0.15) is 23.5 Å². The zero-order valence-corrected chi connectivity index (χ0v) is 17.1. The van der Waals surface area contributed by atoms with Gasteiger partial charge in [-0.3, -0.25) is 4.79 Å². The smallest absolute Gasteiger partial charge is 0.256 e. The molecular formula is C23H23N3O2S. The van der Waals surface area contributed by atoms with Gasteiger partial charge in [0.2, 0.25) is 0 Å². The van der Waals surface area contributed by atoms with E-state index >= 15 is 0 Å². The summed E-state index contributed by atoms with van der Waals surface area (Å²) in [6.07, 6.45) is 0.674. The maximum Gasteiger partial charge on any atom is 0.256 e. The quantitative estimate of drug-likeness (QED) is 0.684. The van der Waals surface area contributed by atoms with Crippen molar-refractivity contribution in [3.63, 3.8) is 0 Å². The second kappa shape index (κ2) is 7.54. The predicted molar refractivity (Wildman–Crippen MR) is 115 cm³/mol. The molecule has 1 aromatic heterocycles. The van der Waals surface area contributed by atoms with Crippen LogP contribution in [-0.2, 0) is 19.6 Å². The summed E-state index contributed by atoms with van der Waals surface area (Å²) in [5.74, 6) is 0.807. The number of nitrogens with one attached hydrogen (secondary N) is 2. The Bertz CT molecular complexity index is 1050. The van der Waals surface area contributed by atoms with E-state index < -0.39 is 0 Å². The Hall–Kier alpha value is -2.83. The van der Waals surface area contributed by atoms with Gasteiger partial charge in [0.25, 0.3) is 5.91 Å². The summed E-state index contributed by atoms with van der Waals surface area (Å²) in [6.45, 7) is 2.42. The van der Waals surface area contributed by atoms with Gasteiger partial charge >= 0.3 is 0 Å². The molecule has 0 radical (unpaired) electrons. The molecule has 3 aromatic rings. The molecule has 2 N–H and O–H groups in total. The molecule has 2 aliphatic rings. The first-order valence-electron chi connectivity index (χ1n) is 9.84. The summed E-state index contributed by atoms with van der Waals surface area (Å²) >= 11 is 1.71. The van der Waals surface area contributed by atoms with Crippen LogP contribution in [0.3, 0.4) is 0 Å². The Morgan fingerprint density at radius 1 is 1.14 bits per heavy atom. The number of nitrogens with zero attached hydrogens (tertiary/aromatic N) is 1. The second-order valence-electron chi connectivity index (χ2n) is 7.59. The number of hydrogen-bond donors (Lipinski definition) is 2. The fourth-order valence-corrected chi connectivity index (χ4v) is 5.29. The highest BCUT2D eigenvalue weighted by Gasteiger charge is 2.32. The monoisotopic (exact) mass is 405 g/mol. The number of rotatable bonds is 4. The minimum absolute atomic E-state index is 0.0152. The van der Waals surface area contributed by atoms with Crippen LogP contribution in [0.15, 0.2) is 54.6 Å². The largest absolute Gasteiger partial charge is 0.489 e. The van der Waals surface area contributed by atoms with Gasteiger partial charge < -0.3 is 20.3 Å². The van der Waals surface area contributed by atoms with Crippen molar-refractivity contribution in [3.8, 4) is 5.75 Å². The molecule has 0 saturated carbocycles. The molecule has 1 amide bonds. The van der Waals surface area contributed by atoms with Gasteiger partial charge in [-0.15, -0.1) is 11.3 Å². The van der Waals surface area contributed by atoms with Gasteiger partial charge in [-0.25, -0.2) is 0 Å². The van der Waals surface area contributed by atoms with E-state index in [2.05, 4.69) is 22.6 Å². The fraction of sp³-hybridized carbons (Fsp3) is 0.261. The summed E-state index contributed by atoms with van der Waals surface area (Å²) < 4.78 is 5.95. The number of anilines is 1. The van der Waals surface area contributed by atoms with Crippen molar-refractivity contribution < 1.29 is 9.53 Å². The molecule has 1 atom stereocenters. The number of amides is 1. The Morgan fingerprint density at radius 2 is 2.00 bits per heavy atom. The Morgan fingerprint density at radius 3 is 2.86 bits per heavy atom. The molecule has 0 spiro atoms. The highest BCUT2D eigenvalue weighted by molar-refractivity contribution is 7.16. The Balaban J connectivity index is 1.35. The van der Waals surface area contributed by atoms with Crippen molar-refractivity contribution in [3.05, 3.63) is 81.7 Å². The molecule has 5 rings (SSSR count). The molecule has 0 aliphatic carbocycles. The van der Waals surface area contributed by atoms with E-state index in [4.69, 9.17) is 4.74 Å². The number of carbonyl (C=O) groups excluding carboxylic acids is 1. The molecule has 3 heterocycles. The molecule has 2 aromatic carbocycles. The van der Waals surface area contributed by atoms with Crippen molar-refractivity contribution in [2.75, 3.05) is 18.9 Å². The third kappa shape index (κ3) is 3.61. The zero-order chi connectivity index (χ0) is 19.8. The number of ether oxygens (including phenoxy) is 1. The van der Waals surface area contributed by atoms with Crippen molar-refractivity contribution in [2.45, 2.75) is 25.7 Å². The van der Waals surface area contributed by atoms with Crippen LogP contribution in [0, 0.1) is 0 Å². The van der Waals surface area contributed by atoms with E-state index in [9.17, 15) is 4.79 Å². The summed E-state index contributed by atoms with van der Waals surface area (Å²) in [5.41, 5.74) is 4.16. The summed E-state index contributed by atoms with van der Waals surface area (Å²) in [4.78, 5) is 16.5. The second-order valence-corrected chi connectivity index (χ2v) is 8.70. The lowest BCUT2D eigenvalue weighted by Crippen LogP contribution is -2.38. The fourth-order valence-electron chi connectivity index (χ4n) is 3.93. The molecule has 0 unspecified atom stereocenters. The molecule has 6 heteroatoms. The van der Waals surface area contributed by atoms with Crippen LogP contribution in [0.25, 0.3) is 0 Å². The molecule has 5 nitrogen and oxygen atoms in total. The third-order valence-corrected chi connectivity index (χ3v) is 6.61. The highest BCUT2D eigenvalue weighted by atomic mass is 32.1. The molecule has 0 saturated heterocycles. The number of thiophene rings is 1. The SMILES string of the molecule is CN1CCc2c(sc3c2C(=O)N[C@H](c2cccc(OCc4ccccc4)c2)N3)C1. The van der Waals surface area contributed by atoms with Gasteiger partial charge in [0, 0.05) is 18.0 Å². The van der Waals surface area contributed by atoms with Gasteiger partial charge in [-0.1, -0.05) is 42.5 Å². The molecule has 0 fully saturated rings. The van der Waals surface area contributed by atoms with Gasteiger partial charge in [-0.05, 0) is 42.3 Å². The minimum Gasteiger partial charge on any atom is -0.489 e. The lowest BCUT2D eigenvalue weighted by molar-refractivity contribution is 0.0934. The Kier molecular flexibility index (Phi) is 4.73. The lowest BCUT2D eigenvalue weighted by atomic mass is 10.0. The molecule has 2 aliphatic heterocycles. The molecule has 0 bridgehead atoms. The highest BCUT2D eigenvalue weighted by Crippen LogP contribution is 2.40. The lowest BCUT2D eigenvalue weighted by Gasteiger charge is -2.27. The molecule has 29 heavy (non-hydrogen) atoms. The number of hydrogen-bond acceptors (Lipinski definition) is 5. The van der Waals surface area contributed by atoms with Crippen LogP contribution in [0.1, 0.15) is 38.1 Å². The van der Waals surface area contributed by atoms with Gasteiger partial charge in [0.15, 0.2) is 0 Å². The summed E-state index contributed by atoms with van der Waals surface area (Å²) in [6, 6.07) is 18.0. The first-order valence-corrected chi connectivity index (χ1v) is 10.7. The van der Waals surface area contributed by atoms with E-state index in [1.807, 2.05) is 54.6 Å². The number of likely N-dealkylation sites (N-methyl/N-ethyl adjacent to an activating group) is 1. The maximum atomic E-state index is 12.9. The van der Waals surface area contributed by atoms with Crippen molar-refractivity contribution >= 4 is 22.2 Å². The number of fused-ring (bicyclic) bond motifs is 3. The van der Waals surface area contributed by atoms with E-state index in [0.29, 0.717) is 6.61 Å². The average molecular weight is 406 g/mol. The van der Waals surface area contributed by atoms with Crippen molar-refractivity contribution in [1.82, 2.24) is 10.2 Å². The first-order chi connectivity index (χ1) is 14.2. The van der Waals surface area contributed by atoms with Crippen LogP contribution in [-0.4, -0.2) is 24.4 Å². The summed E-state index contributed by atoms with van der Waals surface area (Å²) in [5, 5.41) is 7.64. The van der Waals surface area contributed by atoms with E-state index in [-0.39, 0.29) is 12.1 Å². The van der Waals surface area contributed by atoms with Crippen LogP contribution in [0.4, 0.5) is 5.00 Å². The summed E-state index contributed by atoms with van der Waals surface area (Å²) in [7, 11) is 2.12. The van der Waals surface area contributed by atoms with Gasteiger partial charge in [0.05, 0.1) is 5.56 Å². The maximum absolute atomic E-state index is 12.9. The standard InChI is InChI=1S/C23H23N3O2S/c1-26-11-10-18-19(13-26)29-23-20(18)22(27)24-21(25-23)16-8-5-9-17(12-16)28-14-15-6-3-2-4-7-15/h2-9,12,21,25H,10-11,13-14H2,1H3,(H,24,27)/t21-/m0/s1. The minimum atomic E-state index is -0.256.